The molecule has 0 amide bonds. The van der Waals surface area contributed by atoms with Gasteiger partial charge in [0.05, 0.1) is 7.11 Å². The van der Waals surface area contributed by atoms with Crippen LogP contribution in [0.4, 0.5) is 0 Å². The van der Waals surface area contributed by atoms with Crippen LogP contribution in [0.2, 0.25) is 0 Å². The maximum absolute atomic E-state index is 12.1. The van der Waals surface area contributed by atoms with E-state index in [2.05, 4.69) is 42.9 Å². The molecule has 0 aromatic heterocycles. The number of carbonyl (C=O) groups excluding carboxylic acids is 1. The first-order valence-corrected chi connectivity index (χ1v) is 7.57. The highest BCUT2D eigenvalue weighted by molar-refractivity contribution is 5.80. The van der Waals surface area contributed by atoms with E-state index in [9.17, 15) is 4.79 Å². The Balaban J connectivity index is 2.66. The monoisotopic (exact) mass is 285 g/mol. The fraction of sp³-hybridized carbons (Fsp3) is 0.933. The molecule has 1 aliphatic heterocycles. The summed E-state index contributed by atoms with van der Waals surface area (Å²) in [6, 6.07) is 0.609. The fourth-order valence-corrected chi connectivity index (χ4v) is 3.05. The van der Waals surface area contributed by atoms with E-state index in [1.165, 1.54) is 7.11 Å². The Bertz CT molecular complexity index is 314. The zero-order valence-electron chi connectivity index (χ0n) is 13.9. The zero-order valence-corrected chi connectivity index (χ0v) is 13.9. The maximum Gasteiger partial charge on any atom is 0.325 e. The van der Waals surface area contributed by atoms with Gasteiger partial charge in [0.1, 0.15) is 5.54 Å². The smallest absolute Gasteiger partial charge is 0.325 e. The number of carbonyl (C=O) groups is 1. The Morgan fingerprint density at radius 2 is 1.80 bits per heavy atom. The lowest BCUT2D eigenvalue weighted by atomic mass is 9.91. The van der Waals surface area contributed by atoms with Crippen molar-refractivity contribution in [3.05, 3.63) is 0 Å². The molecule has 1 saturated heterocycles. The first-order valence-electron chi connectivity index (χ1n) is 7.57. The Labute approximate surface area is 123 Å². The third-order valence-electron chi connectivity index (χ3n) is 4.11. The van der Waals surface area contributed by atoms with Crippen molar-refractivity contribution in [2.24, 2.45) is 0 Å². The van der Waals surface area contributed by atoms with Crippen molar-refractivity contribution in [2.45, 2.75) is 51.7 Å². The van der Waals surface area contributed by atoms with Crippen molar-refractivity contribution >= 4 is 5.97 Å². The predicted octanol–water partition coefficient (Wildman–Crippen LogP) is 0.942. The van der Waals surface area contributed by atoms with Gasteiger partial charge in [0.15, 0.2) is 0 Å². The van der Waals surface area contributed by atoms with Gasteiger partial charge in [0, 0.05) is 38.3 Å². The van der Waals surface area contributed by atoms with E-state index < -0.39 is 5.54 Å². The standard InChI is InChI=1S/C15H31N3O2/c1-12(2)16-15(4,14(19)20-6)11-13(3)18-9-7-17(5)8-10-18/h12-13,16H,7-11H2,1-6H3. The summed E-state index contributed by atoms with van der Waals surface area (Å²) >= 11 is 0. The number of ether oxygens (including phenoxy) is 1. The molecule has 0 radical (unpaired) electrons. The molecule has 0 aromatic carbocycles. The van der Waals surface area contributed by atoms with Crippen molar-refractivity contribution in [2.75, 3.05) is 40.3 Å². The number of piperazine rings is 1. The topological polar surface area (TPSA) is 44.8 Å². The predicted molar refractivity (Wildman–Crippen MR) is 81.8 cm³/mol. The minimum Gasteiger partial charge on any atom is -0.468 e. The molecule has 1 rings (SSSR count). The average Bonchev–Trinajstić information content (AvgIpc) is 2.37. The van der Waals surface area contributed by atoms with E-state index in [1.54, 1.807) is 0 Å². The molecule has 2 atom stereocenters. The minimum atomic E-state index is -0.619. The van der Waals surface area contributed by atoms with Crippen molar-refractivity contribution in [3.8, 4) is 0 Å². The SMILES string of the molecule is COC(=O)C(C)(CC(C)N1CCN(C)CC1)NC(C)C. The number of hydrogen-bond acceptors (Lipinski definition) is 5. The summed E-state index contributed by atoms with van der Waals surface area (Å²) in [5.74, 6) is -0.174. The summed E-state index contributed by atoms with van der Waals surface area (Å²) in [6.07, 6.45) is 0.765. The van der Waals surface area contributed by atoms with Crippen molar-refractivity contribution in [1.82, 2.24) is 15.1 Å². The Kier molecular flexibility index (Phi) is 6.43. The van der Waals surface area contributed by atoms with Crippen molar-refractivity contribution < 1.29 is 9.53 Å². The van der Waals surface area contributed by atoms with Crippen LogP contribution in [-0.2, 0) is 9.53 Å². The van der Waals surface area contributed by atoms with E-state index in [4.69, 9.17) is 4.74 Å². The van der Waals surface area contributed by atoms with Gasteiger partial charge in [-0.25, -0.2) is 0 Å². The van der Waals surface area contributed by atoms with Crippen LogP contribution in [0.1, 0.15) is 34.1 Å². The molecule has 1 heterocycles. The number of rotatable bonds is 6. The van der Waals surface area contributed by atoms with Gasteiger partial charge in [-0.3, -0.25) is 15.0 Å². The fourth-order valence-electron chi connectivity index (χ4n) is 3.05. The van der Waals surface area contributed by atoms with Crippen molar-refractivity contribution in [3.63, 3.8) is 0 Å². The van der Waals surface area contributed by atoms with Crippen LogP contribution in [0.3, 0.4) is 0 Å². The molecule has 0 aliphatic carbocycles. The van der Waals surface area contributed by atoms with Gasteiger partial charge < -0.3 is 9.64 Å². The highest BCUT2D eigenvalue weighted by Gasteiger charge is 2.37. The molecule has 5 nitrogen and oxygen atoms in total. The Hall–Kier alpha value is -0.650. The van der Waals surface area contributed by atoms with Gasteiger partial charge in [-0.15, -0.1) is 0 Å². The van der Waals surface area contributed by atoms with Gasteiger partial charge in [-0.2, -0.15) is 0 Å². The minimum absolute atomic E-state index is 0.174. The van der Waals surface area contributed by atoms with Crippen LogP contribution in [-0.4, -0.2) is 73.7 Å². The van der Waals surface area contributed by atoms with E-state index in [0.717, 1.165) is 32.6 Å². The second-order valence-electron chi connectivity index (χ2n) is 6.52. The highest BCUT2D eigenvalue weighted by atomic mass is 16.5. The molecule has 1 fully saturated rings. The third kappa shape index (κ3) is 4.72. The molecule has 0 bridgehead atoms. The summed E-state index contributed by atoms with van der Waals surface area (Å²) in [7, 11) is 3.62. The Morgan fingerprint density at radius 3 is 2.25 bits per heavy atom. The number of likely N-dealkylation sites (N-methyl/N-ethyl adjacent to an activating group) is 1. The number of nitrogens with one attached hydrogen (secondary N) is 1. The molecule has 20 heavy (non-hydrogen) atoms. The lowest BCUT2D eigenvalue weighted by molar-refractivity contribution is -0.149. The van der Waals surface area contributed by atoms with Crippen molar-refractivity contribution in [1.29, 1.82) is 0 Å². The average molecular weight is 285 g/mol. The second kappa shape index (κ2) is 7.38. The summed E-state index contributed by atoms with van der Waals surface area (Å²) < 4.78 is 4.99. The van der Waals surface area contributed by atoms with Gasteiger partial charge in [0.2, 0.25) is 0 Å². The molecular formula is C15H31N3O2. The molecule has 2 unspecified atom stereocenters. The lowest BCUT2D eigenvalue weighted by Gasteiger charge is -2.40. The summed E-state index contributed by atoms with van der Waals surface area (Å²) in [6.45, 7) is 12.6. The van der Waals surface area contributed by atoms with E-state index in [-0.39, 0.29) is 12.0 Å². The van der Waals surface area contributed by atoms with Gasteiger partial charge >= 0.3 is 5.97 Å². The first kappa shape index (κ1) is 17.4. The largest absolute Gasteiger partial charge is 0.468 e. The maximum atomic E-state index is 12.1. The molecule has 0 aromatic rings. The van der Waals surface area contributed by atoms with Crippen LogP contribution in [0, 0.1) is 0 Å². The summed E-state index contributed by atoms with van der Waals surface area (Å²) in [5, 5.41) is 3.37. The quantitative estimate of drug-likeness (QED) is 0.736. The normalized spacial score (nSPS) is 22.6. The number of methoxy groups -OCH3 is 1. The lowest BCUT2D eigenvalue weighted by Crippen LogP contribution is -2.57. The zero-order chi connectivity index (χ0) is 15.3. The Morgan fingerprint density at radius 1 is 1.25 bits per heavy atom. The van der Waals surface area contributed by atoms with E-state index in [0.29, 0.717) is 6.04 Å². The highest BCUT2D eigenvalue weighted by Crippen LogP contribution is 2.20. The number of hydrogen-bond donors (Lipinski definition) is 1. The second-order valence-corrected chi connectivity index (χ2v) is 6.52. The summed E-state index contributed by atoms with van der Waals surface area (Å²) in [5.41, 5.74) is -0.619. The van der Waals surface area contributed by atoms with Gasteiger partial charge in [-0.1, -0.05) is 0 Å². The molecule has 1 aliphatic rings. The number of esters is 1. The first-order chi connectivity index (χ1) is 9.28. The molecule has 0 spiro atoms. The number of nitrogens with zero attached hydrogens (tertiary/aromatic N) is 2. The molecule has 118 valence electrons. The molecule has 5 heteroatoms. The van der Waals surface area contributed by atoms with E-state index >= 15 is 0 Å². The third-order valence-corrected chi connectivity index (χ3v) is 4.11. The van der Waals surface area contributed by atoms with Crippen LogP contribution < -0.4 is 5.32 Å². The van der Waals surface area contributed by atoms with Crippen LogP contribution in [0.15, 0.2) is 0 Å². The van der Waals surface area contributed by atoms with Gasteiger partial charge in [0.25, 0.3) is 0 Å². The van der Waals surface area contributed by atoms with Crippen LogP contribution in [0.25, 0.3) is 0 Å². The molecule has 0 saturated carbocycles. The van der Waals surface area contributed by atoms with Crippen LogP contribution >= 0.6 is 0 Å². The summed E-state index contributed by atoms with van der Waals surface area (Å²) in [4.78, 5) is 16.9. The van der Waals surface area contributed by atoms with E-state index in [1.807, 2.05) is 6.92 Å². The molecular weight excluding hydrogens is 254 g/mol. The molecule has 1 N–H and O–H groups in total. The van der Waals surface area contributed by atoms with Gasteiger partial charge in [-0.05, 0) is 41.2 Å². The van der Waals surface area contributed by atoms with Crippen LogP contribution in [0.5, 0.6) is 0 Å².